The Kier molecular flexibility index (Phi) is 5.60. The van der Waals surface area contributed by atoms with Crippen molar-refractivity contribution in [2.45, 2.75) is 26.3 Å². The third-order valence-electron chi connectivity index (χ3n) is 6.94. The molecule has 1 amide bonds. The first-order valence-corrected chi connectivity index (χ1v) is 12.4. The van der Waals surface area contributed by atoms with E-state index in [1.54, 1.807) is 0 Å². The molecule has 180 valence electrons. The smallest absolute Gasteiger partial charge is 0.254 e. The summed E-state index contributed by atoms with van der Waals surface area (Å²) in [5, 5.41) is 10.2. The Bertz CT molecular complexity index is 1560. The summed E-state index contributed by atoms with van der Waals surface area (Å²) in [6.07, 6.45) is 0.663. The molecule has 1 aliphatic rings. The number of benzene rings is 3. The second kappa shape index (κ2) is 9.07. The zero-order valence-corrected chi connectivity index (χ0v) is 20.5. The van der Waals surface area contributed by atoms with E-state index in [0.29, 0.717) is 26.1 Å². The fourth-order valence-electron chi connectivity index (χ4n) is 5.11. The fourth-order valence-corrected chi connectivity index (χ4v) is 5.11. The minimum atomic E-state index is 0.0316. The predicted molar refractivity (Wildman–Crippen MR) is 141 cm³/mol. The van der Waals surface area contributed by atoms with Crippen molar-refractivity contribution in [3.05, 3.63) is 101 Å². The molecular formula is C29H28N6O. The van der Waals surface area contributed by atoms with Crippen molar-refractivity contribution in [3.8, 4) is 0 Å². The second-order valence-electron chi connectivity index (χ2n) is 9.53. The lowest BCUT2D eigenvalue weighted by atomic mass is 10.1. The molecule has 1 saturated heterocycles. The molecule has 0 bridgehead atoms. The number of carbonyl (C=O) groups excluding carboxylic acids is 1. The highest BCUT2D eigenvalue weighted by Gasteiger charge is 2.30. The SMILES string of the molecule is Cc1cccc(C(=O)N2CCN(c3nc4ccccc4c4nnc(Cc5ccccc5)n34)CC2C)c1. The van der Waals surface area contributed by atoms with Crippen molar-refractivity contribution >= 4 is 28.4 Å². The van der Waals surface area contributed by atoms with Crippen LogP contribution in [0, 0.1) is 6.92 Å². The molecule has 3 heterocycles. The summed E-state index contributed by atoms with van der Waals surface area (Å²) in [6.45, 7) is 6.11. The first-order chi connectivity index (χ1) is 17.6. The Morgan fingerprint density at radius 2 is 1.75 bits per heavy atom. The molecule has 1 aliphatic heterocycles. The van der Waals surface area contributed by atoms with Gasteiger partial charge in [0.15, 0.2) is 5.65 Å². The van der Waals surface area contributed by atoms with E-state index >= 15 is 0 Å². The molecule has 2 aromatic heterocycles. The normalized spacial score (nSPS) is 16.1. The number of aryl methyl sites for hydroxylation is 1. The van der Waals surface area contributed by atoms with Crippen LogP contribution in [0.5, 0.6) is 0 Å². The molecule has 1 fully saturated rings. The highest BCUT2D eigenvalue weighted by atomic mass is 16.2. The van der Waals surface area contributed by atoms with Gasteiger partial charge in [0.25, 0.3) is 5.91 Å². The van der Waals surface area contributed by atoms with E-state index < -0.39 is 0 Å². The molecule has 5 aromatic rings. The molecule has 6 rings (SSSR count). The largest absolute Gasteiger partial charge is 0.338 e. The molecule has 0 saturated carbocycles. The summed E-state index contributed by atoms with van der Waals surface area (Å²) < 4.78 is 2.10. The third-order valence-corrected chi connectivity index (χ3v) is 6.94. The molecule has 1 atom stereocenters. The number of hydrogen-bond acceptors (Lipinski definition) is 5. The number of fused-ring (bicyclic) bond motifs is 3. The molecule has 0 N–H and O–H groups in total. The van der Waals surface area contributed by atoms with E-state index in [1.807, 2.05) is 78.6 Å². The van der Waals surface area contributed by atoms with E-state index in [0.717, 1.165) is 39.4 Å². The zero-order chi connectivity index (χ0) is 24.6. The average Bonchev–Trinajstić information content (AvgIpc) is 3.32. The number of anilines is 1. The van der Waals surface area contributed by atoms with Gasteiger partial charge in [0.1, 0.15) is 5.82 Å². The van der Waals surface area contributed by atoms with E-state index in [-0.39, 0.29) is 11.9 Å². The number of hydrogen-bond donors (Lipinski definition) is 0. The monoisotopic (exact) mass is 476 g/mol. The number of rotatable bonds is 4. The van der Waals surface area contributed by atoms with Crippen molar-refractivity contribution < 1.29 is 4.79 Å². The van der Waals surface area contributed by atoms with E-state index in [1.165, 1.54) is 5.56 Å². The van der Waals surface area contributed by atoms with Crippen LogP contribution in [-0.2, 0) is 6.42 Å². The molecule has 3 aromatic carbocycles. The summed E-state index contributed by atoms with van der Waals surface area (Å²) in [5.74, 6) is 1.76. The third kappa shape index (κ3) is 3.96. The Labute approximate surface area is 210 Å². The van der Waals surface area contributed by atoms with Gasteiger partial charge in [0.05, 0.1) is 5.52 Å². The minimum Gasteiger partial charge on any atom is -0.338 e. The van der Waals surface area contributed by atoms with Gasteiger partial charge in [0.2, 0.25) is 5.95 Å². The molecule has 36 heavy (non-hydrogen) atoms. The van der Waals surface area contributed by atoms with Gasteiger partial charge in [-0.15, -0.1) is 10.2 Å². The topological polar surface area (TPSA) is 66.6 Å². The van der Waals surface area contributed by atoms with Gasteiger partial charge < -0.3 is 9.80 Å². The lowest BCUT2D eigenvalue weighted by Gasteiger charge is -2.40. The van der Waals surface area contributed by atoms with Crippen molar-refractivity contribution in [1.82, 2.24) is 24.5 Å². The highest BCUT2D eigenvalue weighted by Crippen LogP contribution is 2.27. The van der Waals surface area contributed by atoms with Gasteiger partial charge in [-0.25, -0.2) is 9.38 Å². The molecular weight excluding hydrogens is 448 g/mol. The van der Waals surface area contributed by atoms with Gasteiger partial charge in [-0.05, 0) is 43.7 Å². The maximum absolute atomic E-state index is 13.3. The van der Waals surface area contributed by atoms with Crippen LogP contribution in [0.15, 0.2) is 78.9 Å². The number of amides is 1. The number of aromatic nitrogens is 4. The van der Waals surface area contributed by atoms with E-state index in [9.17, 15) is 4.79 Å². The maximum Gasteiger partial charge on any atom is 0.254 e. The van der Waals surface area contributed by atoms with Crippen LogP contribution in [0.1, 0.15) is 34.2 Å². The Morgan fingerprint density at radius 1 is 0.944 bits per heavy atom. The molecule has 7 heteroatoms. The van der Waals surface area contributed by atoms with Gasteiger partial charge in [-0.3, -0.25) is 4.79 Å². The van der Waals surface area contributed by atoms with Crippen LogP contribution in [0.4, 0.5) is 5.95 Å². The molecule has 0 aliphatic carbocycles. The zero-order valence-electron chi connectivity index (χ0n) is 20.5. The van der Waals surface area contributed by atoms with Crippen molar-refractivity contribution in [2.75, 3.05) is 24.5 Å². The predicted octanol–water partition coefficient (Wildman–Crippen LogP) is 4.53. The average molecular weight is 477 g/mol. The van der Waals surface area contributed by atoms with Crippen LogP contribution in [0.3, 0.4) is 0 Å². The summed E-state index contributed by atoms with van der Waals surface area (Å²) in [5.41, 5.74) is 4.71. The first-order valence-electron chi connectivity index (χ1n) is 12.4. The van der Waals surface area contributed by atoms with Gasteiger partial charge in [0, 0.05) is 43.0 Å². The maximum atomic E-state index is 13.3. The fraction of sp³-hybridized carbons (Fsp3) is 0.241. The quantitative estimate of drug-likeness (QED) is 0.381. The number of nitrogens with zero attached hydrogens (tertiary/aromatic N) is 6. The number of piperazine rings is 1. The Morgan fingerprint density at radius 3 is 2.56 bits per heavy atom. The second-order valence-corrected chi connectivity index (χ2v) is 9.53. The van der Waals surface area contributed by atoms with Crippen molar-refractivity contribution in [3.63, 3.8) is 0 Å². The Hall–Kier alpha value is -4.26. The molecule has 0 radical (unpaired) electrons. The summed E-state index contributed by atoms with van der Waals surface area (Å²) in [4.78, 5) is 22.6. The number of carbonyl (C=O) groups is 1. The van der Waals surface area contributed by atoms with Gasteiger partial charge in [-0.2, -0.15) is 0 Å². The highest BCUT2D eigenvalue weighted by molar-refractivity contribution is 5.95. The summed E-state index contributed by atoms with van der Waals surface area (Å²) in [6, 6.07) is 26.2. The van der Waals surface area contributed by atoms with Crippen LogP contribution in [0.25, 0.3) is 16.6 Å². The standard InChI is InChI=1S/C29H28N6O/c1-20-9-8-12-23(17-20)28(36)34-16-15-33(19-21(34)2)29-30-25-14-7-6-13-24(25)27-32-31-26(35(27)29)18-22-10-4-3-5-11-22/h3-14,17,21H,15-16,18-19H2,1-2H3. The minimum absolute atomic E-state index is 0.0316. The van der Waals surface area contributed by atoms with Crippen molar-refractivity contribution in [1.29, 1.82) is 0 Å². The lowest BCUT2D eigenvalue weighted by molar-refractivity contribution is 0.0673. The van der Waals surface area contributed by atoms with Crippen LogP contribution < -0.4 is 4.90 Å². The summed E-state index contributed by atoms with van der Waals surface area (Å²) >= 11 is 0. The van der Waals surface area contributed by atoms with Crippen LogP contribution >= 0.6 is 0 Å². The first kappa shape index (κ1) is 22.2. The van der Waals surface area contributed by atoms with E-state index in [4.69, 9.17) is 4.98 Å². The summed E-state index contributed by atoms with van der Waals surface area (Å²) in [7, 11) is 0. The lowest BCUT2D eigenvalue weighted by Crippen LogP contribution is -2.54. The molecule has 1 unspecified atom stereocenters. The molecule has 0 spiro atoms. The molecule has 7 nitrogen and oxygen atoms in total. The van der Waals surface area contributed by atoms with Crippen LogP contribution in [-0.4, -0.2) is 56.1 Å². The van der Waals surface area contributed by atoms with Gasteiger partial charge in [-0.1, -0.05) is 60.2 Å². The Balaban J connectivity index is 1.37. The number of para-hydroxylation sites is 1. The van der Waals surface area contributed by atoms with E-state index in [2.05, 4.69) is 38.6 Å². The van der Waals surface area contributed by atoms with Gasteiger partial charge >= 0.3 is 0 Å². The van der Waals surface area contributed by atoms with Crippen LogP contribution in [0.2, 0.25) is 0 Å². The van der Waals surface area contributed by atoms with Crippen molar-refractivity contribution in [2.24, 2.45) is 0 Å².